The largest absolute Gasteiger partial charge is 0.432 e. The van der Waals surface area contributed by atoms with E-state index < -0.39 is 0 Å². The van der Waals surface area contributed by atoms with Crippen LogP contribution >= 0.6 is 0 Å². The summed E-state index contributed by atoms with van der Waals surface area (Å²) in [4.78, 5) is 6.75. The number of oxazole rings is 1. The van der Waals surface area contributed by atoms with E-state index in [0.29, 0.717) is 18.5 Å². The van der Waals surface area contributed by atoms with E-state index in [9.17, 15) is 0 Å². The van der Waals surface area contributed by atoms with Crippen LogP contribution in [0.4, 0.5) is 6.01 Å². The smallest absolute Gasteiger partial charge is 0.298 e. The van der Waals surface area contributed by atoms with E-state index in [2.05, 4.69) is 42.9 Å². The molecule has 0 unspecified atom stereocenters. The highest BCUT2D eigenvalue weighted by molar-refractivity contribution is 5.32. The van der Waals surface area contributed by atoms with E-state index in [1.54, 1.807) is 6.26 Å². The van der Waals surface area contributed by atoms with Gasteiger partial charge in [-0.05, 0) is 26.3 Å². The molecule has 1 fully saturated rings. The molecular weight excluding hydrogens is 242 g/mol. The average Bonchev–Trinajstić information content (AvgIpc) is 2.76. The Morgan fingerprint density at radius 1 is 1.47 bits per heavy atom. The molecule has 5 nitrogen and oxygen atoms in total. The molecule has 2 rings (SSSR count). The molecule has 1 aromatic heterocycles. The standard InChI is InChI=1S/C14H25N3O2/c1-11(2)7-15-8-12-9-19-13(16-12)17-5-6-18-10-14(17,3)4/h9,11,15H,5-8,10H2,1-4H3. The first-order chi connectivity index (χ1) is 8.99. The molecule has 1 aliphatic heterocycles. The quantitative estimate of drug-likeness (QED) is 0.884. The fraction of sp³-hybridized carbons (Fsp3) is 0.786. The van der Waals surface area contributed by atoms with Gasteiger partial charge in [0.05, 0.1) is 24.4 Å². The van der Waals surface area contributed by atoms with Crippen molar-refractivity contribution in [1.82, 2.24) is 10.3 Å². The Morgan fingerprint density at radius 3 is 2.95 bits per heavy atom. The summed E-state index contributed by atoms with van der Waals surface area (Å²) in [6.45, 7) is 12.7. The van der Waals surface area contributed by atoms with Crippen LogP contribution in [0.25, 0.3) is 0 Å². The lowest BCUT2D eigenvalue weighted by Gasteiger charge is -2.40. The van der Waals surface area contributed by atoms with Crippen LogP contribution < -0.4 is 10.2 Å². The van der Waals surface area contributed by atoms with E-state index in [0.717, 1.165) is 31.9 Å². The van der Waals surface area contributed by atoms with Crippen molar-refractivity contribution in [3.63, 3.8) is 0 Å². The number of hydrogen-bond acceptors (Lipinski definition) is 5. The highest BCUT2D eigenvalue weighted by atomic mass is 16.5. The predicted octanol–water partition coefficient (Wildman–Crippen LogP) is 2.04. The van der Waals surface area contributed by atoms with E-state index in [4.69, 9.17) is 9.15 Å². The van der Waals surface area contributed by atoms with Crippen molar-refractivity contribution >= 4 is 6.01 Å². The van der Waals surface area contributed by atoms with Gasteiger partial charge in [0.25, 0.3) is 6.01 Å². The number of nitrogens with one attached hydrogen (secondary N) is 1. The molecule has 19 heavy (non-hydrogen) atoms. The van der Waals surface area contributed by atoms with Crippen LogP contribution in [0, 0.1) is 5.92 Å². The van der Waals surface area contributed by atoms with E-state index in [-0.39, 0.29) is 5.54 Å². The maximum Gasteiger partial charge on any atom is 0.298 e. The molecule has 1 N–H and O–H groups in total. The molecule has 0 saturated carbocycles. The van der Waals surface area contributed by atoms with Crippen molar-refractivity contribution in [3.05, 3.63) is 12.0 Å². The van der Waals surface area contributed by atoms with Crippen molar-refractivity contribution in [3.8, 4) is 0 Å². The van der Waals surface area contributed by atoms with Crippen molar-refractivity contribution in [1.29, 1.82) is 0 Å². The van der Waals surface area contributed by atoms with Gasteiger partial charge >= 0.3 is 0 Å². The molecule has 0 radical (unpaired) electrons. The molecular formula is C14H25N3O2. The third-order valence-electron chi connectivity index (χ3n) is 3.27. The second-order valence-corrected chi connectivity index (χ2v) is 6.16. The number of rotatable bonds is 5. The Balaban J connectivity index is 1.96. The van der Waals surface area contributed by atoms with E-state index >= 15 is 0 Å². The number of anilines is 1. The minimum atomic E-state index is -0.0638. The summed E-state index contributed by atoms with van der Waals surface area (Å²) in [5, 5.41) is 3.37. The van der Waals surface area contributed by atoms with Gasteiger partial charge in [0.1, 0.15) is 6.26 Å². The van der Waals surface area contributed by atoms with Gasteiger partial charge in [-0.2, -0.15) is 4.98 Å². The number of nitrogens with zero attached hydrogens (tertiary/aromatic N) is 2. The second-order valence-electron chi connectivity index (χ2n) is 6.16. The monoisotopic (exact) mass is 267 g/mol. The fourth-order valence-electron chi connectivity index (χ4n) is 2.20. The van der Waals surface area contributed by atoms with Gasteiger partial charge in [0.2, 0.25) is 0 Å². The zero-order chi connectivity index (χ0) is 13.9. The molecule has 0 amide bonds. The SMILES string of the molecule is CC(C)CNCc1coc(N2CCOCC2(C)C)n1. The summed E-state index contributed by atoms with van der Waals surface area (Å²) < 4.78 is 11.1. The summed E-state index contributed by atoms with van der Waals surface area (Å²) >= 11 is 0. The second kappa shape index (κ2) is 5.92. The van der Waals surface area contributed by atoms with Gasteiger partial charge in [-0.15, -0.1) is 0 Å². The van der Waals surface area contributed by atoms with Gasteiger partial charge in [-0.1, -0.05) is 13.8 Å². The molecule has 2 heterocycles. The first kappa shape index (κ1) is 14.3. The van der Waals surface area contributed by atoms with Crippen molar-refractivity contribution in [2.45, 2.75) is 39.8 Å². The van der Waals surface area contributed by atoms with Gasteiger partial charge in [0.15, 0.2) is 0 Å². The first-order valence-corrected chi connectivity index (χ1v) is 6.99. The maximum atomic E-state index is 5.62. The summed E-state index contributed by atoms with van der Waals surface area (Å²) in [5.74, 6) is 0.643. The van der Waals surface area contributed by atoms with Gasteiger partial charge in [0, 0.05) is 13.1 Å². The first-order valence-electron chi connectivity index (χ1n) is 6.99. The molecule has 1 saturated heterocycles. The molecule has 0 aliphatic carbocycles. The number of morpholine rings is 1. The van der Waals surface area contributed by atoms with Crippen LogP contribution in [0.5, 0.6) is 0 Å². The molecule has 108 valence electrons. The number of aromatic nitrogens is 1. The van der Waals surface area contributed by atoms with Crippen molar-refractivity contribution in [2.75, 3.05) is 31.2 Å². The summed E-state index contributed by atoms with van der Waals surface area (Å²) in [6.07, 6.45) is 1.74. The Hall–Kier alpha value is -1.07. The average molecular weight is 267 g/mol. The van der Waals surface area contributed by atoms with Gasteiger partial charge in [-0.25, -0.2) is 0 Å². The molecule has 1 aliphatic rings. The van der Waals surface area contributed by atoms with E-state index in [1.165, 1.54) is 0 Å². The Morgan fingerprint density at radius 2 is 2.26 bits per heavy atom. The van der Waals surface area contributed by atoms with Gasteiger partial charge < -0.3 is 19.4 Å². The zero-order valence-electron chi connectivity index (χ0n) is 12.4. The third-order valence-corrected chi connectivity index (χ3v) is 3.27. The maximum absolute atomic E-state index is 5.62. The molecule has 0 bridgehead atoms. The normalized spacial score (nSPS) is 19.1. The summed E-state index contributed by atoms with van der Waals surface area (Å²) in [7, 11) is 0. The molecule has 0 aromatic carbocycles. The zero-order valence-corrected chi connectivity index (χ0v) is 12.4. The predicted molar refractivity (Wildman–Crippen MR) is 75.3 cm³/mol. The fourth-order valence-corrected chi connectivity index (χ4v) is 2.20. The van der Waals surface area contributed by atoms with Crippen LogP contribution in [0.3, 0.4) is 0 Å². The molecule has 1 aromatic rings. The lowest BCUT2D eigenvalue weighted by Crippen LogP contribution is -2.53. The number of ether oxygens (including phenoxy) is 1. The summed E-state index contributed by atoms with van der Waals surface area (Å²) in [5.41, 5.74) is 0.893. The Kier molecular flexibility index (Phi) is 4.47. The van der Waals surface area contributed by atoms with Gasteiger partial charge in [-0.3, -0.25) is 0 Å². The lowest BCUT2D eigenvalue weighted by atomic mass is 10.0. The van der Waals surface area contributed by atoms with Crippen LogP contribution in [0.2, 0.25) is 0 Å². The number of hydrogen-bond donors (Lipinski definition) is 1. The molecule has 5 heteroatoms. The lowest BCUT2D eigenvalue weighted by molar-refractivity contribution is 0.0612. The third kappa shape index (κ3) is 3.70. The molecule has 0 atom stereocenters. The Labute approximate surface area is 115 Å². The highest BCUT2D eigenvalue weighted by Crippen LogP contribution is 2.26. The highest BCUT2D eigenvalue weighted by Gasteiger charge is 2.33. The van der Waals surface area contributed by atoms with Crippen LogP contribution in [-0.4, -0.2) is 36.8 Å². The van der Waals surface area contributed by atoms with Crippen molar-refractivity contribution < 1.29 is 9.15 Å². The van der Waals surface area contributed by atoms with Crippen molar-refractivity contribution in [2.24, 2.45) is 5.92 Å². The minimum Gasteiger partial charge on any atom is -0.432 e. The minimum absolute atomic E-state index is 0.0638. The topological polar surface area (TPSA) is 50.5 Å². The Bertz CT molecular complexity index is 401. The van der Waals surface area contributed by atoms with Crippen LogP contribution in [0.15, 0.2) is 10.7 Å². The van der Waals surface area contributed by atoms with Crippen LogP contribution in [-0.2, 0) is 11.3 Å². The van der Waals surface area contributed by atoms with Crippen LogP contribution in [0.1, 0.15) is 33.4 Å². The summed E-state index contributed by atoms with van der Waals surface area (Å²) in [6, 6.07) is 0.703. The molecule has 0 spiro atoms. The van der Waals surface area contributed by atoms with E-state index in [1.807, 2.05) is 0 Å².